The SMILES string of the molecule is CCCCCCCCCCC(=O)Nc1cccc(-c2ccnc3c(C(=O)c4cccs4)cnn23)c1. The number of thiophene rings is 1. The minimum Gasteiger partial charge on any atom is -0.326 e. The van der Waals surface area contributed by atoms with Crippen molar-refractivity contribution < 1.29 is 9.59 Å². The molecule has 1 N–H and O–H groups in total. The van der Waals surface area contributed by atoms with Crippen molar-refractivity contribution in [3.8, 4) is 11.3 Å². The van der Waals surface area contributed by atoms with Gasteiger partial charge < -0.3 is 5.32 Å². The Kier molecular flexibility index (Phi) is 8.79. The predicted molar refractivity (Wildman–Crippen MR) is 142 cm³/mol. The number of hydrogen-bond donors (Lipinski definition) is 1. The second-order valence-electron chi connectivity index (χ2n) is 8.78. The van der Waals surface area contributed by atoms with Crippen LogP contribution in [0.2, 0.25) is 0 Å². The molecule has 182 valence electrons. The van der Waals surface area contributed by atoms with Gasteiger partial charge in [0.05, 0.1) is 22.3 Å². The van der Waals surface area contributed by atoms with Crippen molar-refractivity contribution in [3.63, 3.8) is 0 Å². The van der Waals surface area contributed by atoms with Crippen LogP contribution in [0.5, 0.6) is 0 Å². The number of nitrogens with zero attached hydrogens (tertiary/aromatic N) is 3. The van der Waals surface area contributed by atoms with Gasteiger partial charge in [-0.1, -0.05) is 70.1 Å². The van der Waals surface area contributed by atoms with Crippen molar-refractivity contribution in [3.05, 3.63) is 70.7 Å². The lowest BCUT2D eigenvalue weighted by Gasteiger charge is -2.09. The molecule has 0 unspecified atom stereocenters. The lowest BCUT2D eigenvalue weighted by atomic mass is 10.1. The van der Waals surface area contributed by atoms with E-state index in [1.807, 2.05) is 41.8 Å². The van der Waals surface area contributed by atoms with Crippen molar-refractivity contribution in [1.29, 1.82) is 0 Å². The Balaban J connectivity index is 1.38. The largest absolute Gasteiger partial charge is 0.326 e. The van der Waals surface area contributed by atoms with Gasteiger partial charge in [-0.3, -0.25) is 9.59 Å². The highest BCUT2D eigenvalue weighted by Crippen LogP contribution is 2.25. The van der Waals surface area contributed by atoms with E-state index in [4.69, 9.17) is 0 Å². The molecule has 0 aliphatic rings. The van der Waals surface area contributed by atoms with E-state index in [0.717, 1.165) is 29.8 Å². The molecule has 0 atom stereocenters. The number of rotatable bonds is 13. The second kappa shape index (κ2) is 12.4. The molecule has 4 aromatic rings. The van der Waals surface area contributed by atoms with Gasteiger partial charge in [-0.25, -0.2) is 9.50 Å². The Labute approximate surface area is 210 Å². The molecule has 35 heavy (non-hydrogen) atoms. The van der Waals surface area contributed by atoms with Crippen molar-refractivity contribution in [2.45, 2.75) is 64.7 Å². The predicted octanol–water partition coefficient (Wildman–Crippen LogP) is 7.16. The smallest absolute Gasteiger partial charge is 0.224 e. The number of anilines is 1. The zero-order chi connectivity index (χ0) is 24.5. The molecule has 3 aromatic heterocycles. The number of ketones is 1. The maximum atomic E-state index is 12.9. The normalized spacial score (nSPS) is 11.1. The van der Waals surface area contributed by atoms with E-state index in [9.17, 15) is 9.59 Å². The van der Waals surface area contributed by atoms with Crippen LogP contribution in [0.25, 0.3) is 16.9 Å². The minimum atomic E-state index is -0.0818. The summed E-state index contributed by atoms with van der Waals surface area (Å²) in [6.45, 7) is 2.23. The van der Waals surface area contributed by atoms with E-state index in [1.54, 1.807) is 23.0 Å². The van der Waals surface area contributed by atoms with Gasteiger partial charge in [0.2, 0.25) is 11.7 Å². The minimum absolute atomic E-state index is 0.0379. The first-order valence-corrected chi connectivity index (χ1v) is 13.4. The van der Waals surface area contributed by atoms with E-state index in [2.05, 4.69) is 22.3 Å². The molecule has 0 aliphatic carbocycles. The average Bonchev–Trinajstić information content (AvgIpc) is 3.56. The summed E-state index contributed by atoms with van der Waals surface area (Å²) in [5.74, 6) is -0.0439. The fraction of sp³-hybridized carbons (Fsp3) is 0.357. The molecule has 1 amide bonds. The first kappa shape index (κ1) is 24.8. The van der Waals surface area contributed by atoms with Crippen LogP contribution in [0.4, 0.5) is 5.69 Å². The van der Waals surface area contributed by atoms with Gasteiger partial charge in [-0.2, -0.15) is 5.10 Å². The van der Waals surface area contributed by atoms with E-state index in [0.29, 0.717) is 22.5 Å². The first-order chi connectivity index (χ1) is 17.2. The maximum absolute atomic E-state index is 12.9. The summed E-state index contributed by atoms with van der Waals surface area (Å²) in [5, 5.41) is 9.35. The number of hydrogen-bond acceptors (Lipinski definition) is 5. The lowest BCUT2D eigenvalue weighted by Crippen LogP contribution is -2.11. The number of amides is 1. The maximum Gasteiger partial charge on any atom is 0.224 e. The molecular weight excluding hydrogens is 456 g/mol. The Morgan fingerprint density at radius 1 is 0.971 bits per heavy atom. The quantitative estimate of drug-likeness (QED) is 0.160. The van der Waals surface area contributed by atoms with Crippen LogP contribution in [0, 0.1) is 0 Å². The number of fused-ring (bicyclic) bond motifs is 1. The Hall–Kier alpha value is -3.32. The summed E-state index contributed by atoms with van der Waals surface area (Å²) in [5.41, 5.74) is 3.44. The van der Waals surface area contributed by atoms with Crippen LogP contribution >= 0.6 is 11.3 Å². The summed E-state index contributed by atoms with van der Waals surface area (Å²) in [6.07, 6.45) is 13.5. The monoisotopic (exact) mass is 488 g/mol. The van der Waals surface area contributed by atoms with Crippen LogP contribution in [-0.4, -0.2) is 26.3 Å². The highest BCUT2D eigenvalue weighted by atomic mass is 32.1. The fourth-order valence-electron chi connectivity index (χ4n) is 4.21. The number of unbranched alkanes of at least 4 members (excludes halogenated alkanes) is 7. The molecule has 0 aliphatic heterocycles. The van der Waals surface area contributed by atoms with Crippen LogP contribution in [0.15, 0.2) is 60.2 Å². The van der Waals surface area contributed by atoms with E-state index >= 15 is 0 Å². The molecule has 0 bridgehead atoms. The fourth-order valence-corrected chi connectivity index (χ4v) is 4.89. The van der Waals surface area contributed by atoms with Gasteiger partial charge in [0.1, 0.15) is 0 Å². The summed E-state index contributed by atoms with van der Waals surface area (Å²) in [7, 11) is 0. The van der Waals surface area contributed by atoms with Gasteiger partial charge in [-0.15, -0.1) is 11.3 Å². The number of carbonyl (C=O) groups excluding carboxylic acids is 2. The molecule has 0 fully saturated rings. The van der Waals surface area contributed by atoms with Crippen molar-refractivity contribution >= 4 is 34.4 Å². The van der Waals surface area contributed by atoms with Crippen LogP contribution in [0.3, 0.4) is 0 Å². The standard InChI is InChI=1S/C28H32N4O2S/c1-2-3-4-5-6-7-8-9-15-26(33)31-22-13-10-12-21(19-22)24-16-17-29-28-23(20-30-32(24)28)27(34)25-14-11-18-35-25/h10-14,16-20H,2-9,15H2,1H3,(H,31,33). The van der Waals surface area contributed by atoms with Gasteiger partial charge in [0, 0.05) is 23.9 Å². The van der Waals surface area contributed by atoms with E-state index < -0.39 is 0 Å². The Bertz CT molecular complexity index is 1260. The van der Waals surface area contributed by atoms with Crippen molar-refractivity contribution in [2.24, 2.45) is 0 Å². The van der Waals surface area contributed by atoms with Crippen LogP contribution in [-0.2, 0) is 4.79 Å². The lowest BCUT2D eigenvalue weighted by molar-refractivity contribution is -0.116. The molecule has 7 heteroatoms. The number of aromatic nitrogens is 3. The summed E-state index contributed by atoms with van der Waals surface area (Å²) < 4.78 is 1.68. The zero-order valence-corrected chi connectivity index (χ0v) is 21.0. The third kappa shape index (κ3) is 6.42. The van der Waals surface area contributed by atoms with Gasteiger partial charge in [0.15, 0.2) is 5.65 Å². The molecule has 4 rings (SSSR count). The van der Waals surface area contributed by atoms with Gasteiger partial charge >= 0.3 is 0 Å². The number of carbonyl (C=O) groups is 2. The summed E-state index contributed by atoms with van der Waals surface area (Å²) >= 11 is 1.40. The Morgan fingerprint density at radius 2 is 1.77 bits per heavy atom. The van der Waals surface area contributed by atoms with E-state index in [1.165, 1.54) is 49.9 Å². The molecule has 6 nitrogen and oxygen atoms in total. The highest BCUT2D eigenvalue weighted by Gasteiger charge is 2.18. The second-order valence-corrected chi connectivity index (χ2v) is 9.73. The zero-order valence-electron chi connectivity index (χ0n) is 20.2. The van der Waals surface area contributed by atoms with Crippen molar-refractivity contribution in [1.82, 2.24) is 14.6 Å². The van der Waals surface area contributed by atoms with Crippen molar-refractivity contribution in [2.75, 3.05) is 5.32 Å². The van der Waals surface area contributed by atoms with Gasteiger partial charge in [0.25, 0.3) is 0 Å². The molecule has 3 heterocycles. The molecule has 0 spiro atoms. The topological polar surface area (TPSA) is 76.4 Å². The molecule has 0 saturated heterocycles. The van der Waals surface area contributed by atoms with E-state index in [-0.39, 0.29) is 11.7 Å². The highest BCUT2D eigenvalue weighted by molar-refractivity contribution is 7.12. The molecule has 1 aromatic carbocycles. The summed E-state index contributed by atoms with van der Waals surface area (Å²) in [4.78, 5) is 30.4. The summed E-state index contributed by atoms with van der Waals surface area (Å²) in [6, 6.07) is 13.2. The third-order valence-corrected chi connectivity index (χ3v) is 6.96. The molecule has 0 saturated carbocycles. The number of nitrogens with one attached hydrogen (secondary N) is 1. The molecule has 0 radical (unpaired) electrons. The first-order valence-electron chi connectivity index (χ1n) is 12.5. The number of benzene rings is 1. The average molecular weight is 489 g/mol. The Morgan fingerprint density at radius 3 is 2.54 bits per heavy atom. The van der Waals surface area contributed by atoms with Crippen LogP contribution < -0.4 is 5.32 Å². The third-order valence-electron chi connectivity index (χ3n) is 6.09. The molecular formula is C28H32N4O2S. The van der Waals surface area contributed by atoms with Gasteiger partial charge in [-0.05, 0) is 36.1 Å². The van der Waals surface area contributed by atoms with Crippen LogP contribution in [0.1, 0.15) is 79.9 Å².